The molecule has 8 heteroatoms. The molecule has 1 aromatic carbocycles. The van der Waals surface area contributed by atoms with Gasteiger partial charge in [-0.1, -0.05) is 11.6 Å². The summed E-state index contributed by atoms with van der Waals surface area (Å²) in [6.45, 7) is -2.77. The van der Waals surface area contributed by atoms with Crippen LogP contribution in [0.2, 0.25) is 5.02 Å². The maximum absolute atomic E-state index is 12.1. The average molecular weight is 342 g/mol. The van der Waals surface area contributed by atoms with E-state index < -0.39 is 6.61 Å². The van der Waals surface area contributed by atoms with Crippen LogP contribution in [0.25, 0.3) is 0 Å². The highest BCUT2D eigenvalue weighted by molar-refractivity contribution is 6.34. The first-order valence-electron chi connectivity index (χ1n) is 6.65. The lowest BCUT2D eigenvalue weighted by Gasteiger charge is -2.09. The lowest BCUT2D eigenvalue weighted by Crippen LogP contribution is -2.23. The van der Waals surface area contributed by atoms with Gasteiger partial charge >= 0.3 is 6.61 Å². The molecule has 0 aliphatic rings. The molecule has 1 amide bonds. The third-order valence-corrected chi connectivity index (χ3v) is 3.28. The molecule has 23 heavy (non-hydrogen) atoms. The number of rotatable bonds is 6. The Kier molecular flexibility index (Phi) is 5.70. The third-order valence-electron chi connectivity index (χ3n) is 2.95. The number of hydrogen-bond donors (Lipinski definition) is 2. The van der Waals surface area contributed by atoms with Crippen LogP contribution in [0.1, 0.15) is 16.1 Å². The summed E-state index contributed by atoms with van der Waals surface area (Å²) in [5.74, 6) is -0.401. The maximum Gasteiger partial charge on any atom is 0.387 e. The van der Waals surface area contributed by atoms with E-state index in [1.165, 1.54) is 18.3 Å². The second-order valence-electron chi connectivity index (χ2n) is 4.49. The maximum atomic E-state index is 12.1. The molecule has 2 N–H and O–H groups in total. The number of hydrogen-bond acceptors (Lipinski definition) is 4. The van der Waals surface area contributed by atoms with Crippen LogP contribution < -0.4 is 15.4 Å². The first kappa shape index (κ1) is 17.0. The molecule has 0 unspecified atom stereocenters. The molecule has 0 radical (unpaired) electrons. The van der Waals surface area contributed by atoms with Gasteiger partial charge in [0.15, 0.2) is 0 Å². The number of amides is 1. The van der Waals surface area contributed by atoms with Crippen molar-refractivity contribution in [3.63, 3.8) is 0 Å². The predicted octanol–water partition coefficient (Wildman–Crippen LogP) is 3.31. The summed E-state index contributed by atoms with van der Waals surface area (Å²) < 4.78 is 28.3. The molecule has 5 nitrogen and oxygen atoms in total. The molecule has 0 fully saturated rings. The van der Waals surface area contributed by atoms with Crippen molar-refractivity contribution in [1.29, 1.82) is 0 Å². The zero-order valence-electron chi connectivity index (χ0n) is 12.1. The van der Waals surface area contributed by atoms with Gasteiger partial charge < -0.3 is 15.4 Å². The van der Waals surface area contributed by atoms with Gasteiger partial charge in [-0.25, -0.2) is 0 Å². The van der Waals surface area contributed by atoms with Crippen LogP contribution in [0.3, 0.4) is 0 Å². The standard InChI is InChI=1S/C15H14ClF2N3O2/c1-19-9-3-5-13(16)12(6-9)14(22)21-7-10-2-4-11(8-20-10)23-15(17)18/h2-6,8,15,19H,7H2,1H3,(H,21,22). The number of anilines is 1. The van der Waals surface area contributed by atoms with Gasteiger partial charge in [0.1, 0.15) is 5.75 Å². The summed E-state index contributed by atoms with van der Waals surface area (Å²) in [6, 6.07) is 7.85. The van der Waals surface area contributed by atoms with E-state index in [1.807, 2.05) is 0 Å². The monoisotopic (exact) mass is 341 g/mol. The van der Waals surface area contributed by atoms with Crippen molar-refractivity contribution in [2.75, 3.05) is 12.4 Å². The molecule has 2 aromatic rings. The minimum atomic E-state index is -2.90. The Bertz CT molecular complexity index is 681. The van der Waals surface area contributed by atoms with Gasteiger partial charge in [-0.15, -0.1) is 0 Å². The van der Waals surface area contributed by atoms with Crippen molar-refractivity contribution in [2.24, 2.45) is 0 Å². The van der Waals surface area contributed by atoms with Crippen LogP contribution in [0.5, 0.6) is 5.75 Å². The van der Waals surface area contributed by atoms with Crippen LogP contribution >= 0.6 is 11.6 Å². The molecule has 0 aliphatic heterocycles. The lowest BCUT2D eigenvalue weighted by molar-refractivity contribution is -0.0500. The number of alkyl halides is 2. The topological polar surface area (TPSA) is 63.2 Å². The van der Waals surface area contributed by atoms with Gasteiger partial charge in [-0.3, -0.25) is 9.78 Å². The zero-order valence-corrected chi connectivity index (χ0v) is 12.9. The minimum Gasteiger partial charge on any atom is -0.433 e. The fourth-order valence-electron chi connectivity index (χ4n) is 1.81. The van der Waals surface area contributed by atoms with Crippen LogP contribution in [0, 0.1) is 0 Å². The third kappa shape index (κ3) is 4.79. The molecular formula is C15H14ClF2N3O2. The normalized spacial score (nSPS) is 10.5. The Balaban J connectivity index is 1.99. The molecular weight excluding hydrogens is 328 g/mol. The van der Waals surface area contributed by atoms with Gasteiger partial charge in [-0.2, -0.15) is 8.78 Å². The number of pyridine rings is 1. The summed E-state index contributed by atoms with van der Waals surface area (Å²) in [7, 11) is 1.73. The van der Waals surface area contributed by atoms with E-state index >= 15 is 0 Å². The van der Waals surface area contributed by atoms with Crippen LogP contribution in [-0.2, 0) is 6.54 Å². The highest BCUT2D eigenvalue weighted by atomic mass is 35.5. The number of nitrogens with zero attached hydrogens (tertiary/aromatic N) is 1. The highest BCUT2D eigenvalue weighted by Crippen LogP contribution is 2.20. The summed E-state index contributed by atoms with van der Waals surface area (Å²) >= 11 is 6.01. The number of ether oxygens (including phenoxy) is 1. The lowest BCUT2D eigenvalue weighted by atomic mass is 10.2. The van der Waals surface area contributed by atoms with E-state index in [-0.39, 0.29) is 18.2 Å². The van der Waals surface area contributed by atoms with Crippen LogP contribution in [0.4, 0.5) is 14.5 Å². The Hall–Kier alpha value is -2.41. The quantitative estimate of drug-likeness (QED) is 0.846. The van der Waals surface area contributed by atoms with E-state index in [0.717, 1.165) is 5.69 Å². The fraction of sp³-hybridized carbons (Fsp3) is 0.200. The number of nitrogens with one attached hydrogen (secondary N) is 2. The molecule has 1 heterocycles. The van der Waals surface area contributed by atoms with Gasteiger partial charge in [0.25, 0.3) is 5.91 Å². The molecule has 0 atom stereocenters. The summed E-state index contributed by atoms with van der Waals surface area (Å²) in [4.78, 5) is 16.1. The molecule has 0 saturated heterocycles. The number of carbonyl (C=O) groups is 1. The predicted molar refractivity (Wildman–Crippen MR) is 83.0 cm³/mol. The zero-order chi connectivity index (χ0) is 16.8. The van der Waals surface area contributed by atoms with E-state index in [0.29, 0.717) is 16.3 Å². The van der Waals surface area contributed by atoms with E-state index in [9.17, 15) is 13.6 Å². The van der Waals surface area contributed by atoms with E-state index in [1.54, 1.807) is 25.2 Å². The first-order valence-corrected chi connectivity index (χ1v) is 7.02. The number of benzene rings is 1. The molecule has 0 aliphatic carbocycles. The summed E-state index contributed by atoms with van der Waals surface area (Å²) in [5.41, 5.74) is 1.59. The smallest absolute Gasteiger partial charge is 0.387 e. The number of carbonyl (C=O) groups excluding carboxylic acids is 1. The molecule has 0 bridgehead atoms. The fourth-order valence-corrected chi connectivity index (χ4v) is 2.01. The number of aromatic nitrogens is 1. The average Bonchev–Trinajstić information content (AvgIpc) is 2.54. The van der Waals surface area contributed by atoms with Crippen molar-refractivity contribution < 1.29 is 18.3 Å². The van der Waals surface area contributed by atoms with Crippen LogP contribution in [0.15, 0.2) is 36.5 Å². The van der Waals surface area contributed by atoms with Crippen LogP contribution in [-0.4, -0.2) is 24.6 Å². The van der Waals surface area contributed by atoms with Gasteiger partial charge in [0.05, 0.1) is 29.0 Å². The summed E-state index contributed by atoms with van der Waals surface area (Å²) in [6.07, 6.45) is 1.17. The Morgan fingerprint density at radius 2 is 2.13 bits per heavy atom. The SMILES string of the molecule is CNc1ccc(Cl)c(C(=O)NCc2ccc(OC(F)F)cn2)c1. The second kappa shape index (κ2) is 7.73. The highest BCUT2D eigenvalue weighted by Gasteiger charge is 2.11. The molecule has 0 spiro atoms. The molecule has 1 aromatic heterocycles. The Morgan fingerprint density at radius 3 is 2.74 bits per heavy atom. The molecule has 0 saturated carbocycles. The van der Waals surface area contributed by atoms with Crippen molar-refractivity contribution in [1.82, 2.24) is 10.3 Å². The Labute approximate surface area is 136 Å². The number of halogens is 3. The van der Waals surface area contributed by atoms with Crippen molar-refractivity contribution >= 4 is 23.2 Å². The van der Waals surface area contributed by atoms with Gasteiger partial charge in [0, 0.05) is 12.7 Å². The minimum absolute atomic E-state index is 0.0418. The Morgan fingerprint density at radius 1 is 1.35 bits per heavy atom. The van der Waals surface area contributed by atoms with E-state index in [4.69, 9.17) is 11.6 Å². The van der Waals surface area contributed by atoms with Gasteiger partial charge in [0.2, 0.25) is 0 Å². The summed E-state index contributed by atoms with van der Waals surface area (Å²) in [5, 5.41) is 5.91. The van der Waals surface area contributed by atoms with Crippen molar-refractivity contribution in [2.45, 2.75) is 13.2 Å². The van der Waals surface area contributed by atoms with E-state index in [2.05, 4.69) is 20.4 Å². The van der Waals surface area contributed by atoms with Gasteiger partial charge in [-0.05, 0) is 30.3 Å². The second-order valence-corrected chi connectivity index (χ2v) is 4.90. The van der Waals surface area contributed by atoms with Crippen molar-refractivity contribution in [3.05, 3.63) is 52.8 Å². The van der Waals surface area contributed by atoms with Crippen molar-refractivity contribution in [3.8, 4) is 5.75 Å². The molecule has 2 rings (SSSR count). The molecule has 122 valence electrons. The largest absolute Gasteiger partial charge is 0.433 e. The first-order chi connectivity index (χ1) is 11.0.